The van der Waals surface area contributed by atoms with Crippen molar-refractivity contribution in [1.82, 2.24) is 9.88 Å². The Balaban J connectivity index is 1.47. The first-order valence-electron chi connectivity index (χ1n) is 10.4. The number of carbonyl (C=O) groups is 2. The van der Waals surface area contributed by atoms with Gasteiger partial charge in [-0.05, 0) is 57.0 Å². The van der Waals surface area contributed by atoms with E-state index < -0.39 is 17.6 Å². The van der Waals surface area contributed by atoms with E-state index in [1.54, 1.807) is 56.1 Å². The summed E-state index contributed by atoms with van der Waals surface area (Å²) in [6, 6.07) is 12.1. The first kappa shape index (κ1) is 22.6. The van der Waals surface area contributed by atoms with E-state index in [-0.39, 0.29) is 6.09 Å². The molecule has 0 unspecified atom stereocenters. The molecule has 31 heavy (non-hydrogen) atoms. The molecule has 1 aliphatic rings. The van der Waals surface area contributed by atoms with Crippen LogP contribution in [0.15, 0.2) is 48.7 Å². The molecule has 2 N–H and O–H groups in total. The van der Waals surface area contributed by atoms with Crippen molar-refractivity contribution < 1.29 is 19.1 Å². The minimum atomic E-state index is -0.747. The van der Waals surface area contributed by atoms with E-state index in [4.69, 9.17) is 15.2 Å². The summed E-state index contributed by atoms with van der Waals surface area (Å²) in [4.78, 5) is 32.7. The molecule has 2 heterocycles. The van der Waals surface area contributed by atoms with Crippen LogP contribution in [0.1, 0.15) is 26.3 Å². The average molecular weight is 427 g/mol. The normalized spacial score (nSPS) is 15.4. The molecule has 3 rings (SSSR count). The van der Waals surface area contributed by atoms with Crippen LogP contribution in [0.5, 0.6) is 5.75 Å². The highest BCUT2D eigenvalue weighted by Crippen LogP contribution is 2.17. The van der Waals surface area contributed by atoms with E-state index in [0.29, 0.717) is 38.3 Å². The lowest BCUT2D eigenvalue weighted by Crippen LogP contribution is -2.49. The Morgan fingerprint density at radius 2 is 1.74 bits per heavy atom. The lowest BCUT2D eigenvalue weighted by atomic mass is 10.1. The Morgan fingerprint density at radius 1 is 1.06 bits per heavy atom. The zero-order valence-corrected chi connectivity index (χ0v) is 18.3. The van der Waals surface area contributed by atoms with Gasteiger partial charge in [0.2, 0.25) is 0 Å². The molecule has 8 nitrogen and oxygen atoms in total. The van der Waals surface area contributed by atoms with Crippen LogP contribution >= 0.6 is 0 Å². The van der Waals surface area contributed by atoms with Crippen molar-refractivity contribution in [2.75, 3.05) is 31.1 Å². The Kier molecular flexibility index (Phi) is 7.12. The van der Waals surface area contributed by atoms with Gasteiger partial charge in [0, 0.05) is 32.4 Å². The summed E-state index contributed by atoms with van der Waals surface area (Å²) in [6.45, 7) is 7.95. The predicted molar refractivity (Wildman–Crippen MR) is 118 cm³/mol. The molecule has 1 saturated heterocycles. The molecule has 1 aliphatic heterocycles. The van der Waals surface area contributed by atoms with Gasteiger partial charge in [0.15, 0.2) is 0 Å². The largest absolute Gasteiger partial charge is 0.459 e. The molecule has 1 fully saturated rings. The number of piperazine rings is 1. The molecule has 0 spiro atoms. The summed E-state index contributed by atoms with van der Waals surface area (Å²) in [6.07, 6.45) is 1.73. The van der Waals surface area contributed by atoms with Gasteiger partial charge in [0.25, 0.3) is 0 Å². The highest BCUT2D eigenvalue weighted by atomic mass is 16.6. The summed E-state index contributed by atoms with van der Waals surface area (Å²) >= 11 is 0. The maximum atomic E-state index is 12.5. The van der Waals surface area contributed by atoms with Crippen LogP contribution < -0.4 is 15.4 Å². The van der Waals surface area contributed by atoms with E-state index in [0.717, 1.165) is 11.4 Å². The summed E-state index contributed by atoms with van der Waals surface area (Å²) in [7, 11) is 0. The molecular weight excluding hydrogens is 396 g/mol. The van der Waals surface area contributed by atoms with Crippen molar-refractivity contribution in [1.29, 1.82) is 0 Å². The van der Waals surface area contributed by atoms with Gasteiger partial charge in [-0.1, -0.05) is 18.2 Å². The molecule has 1 aromatic carbocycles. The van der Waals surface area contributed by atoms with E-state index in [1.165, 1.54) is 0 Å². The number of ether oxygens (including phenoxy) is 2. The van der Waals surface area contributed by atoms with Gasteiger partial charge in [0.05, 0.1) is 0 Å². The van der Waals surface area contributed by atoms with Gasteiger partial charge in [-0.15, -0.1) is 0 Å². The maximum Gasteiger partial charge on any atom is 0.415 e. The van der Waals surface area contributed by atoms with Crippen LogP contribution in [0.3, 0.4) is 0 Å². The third-order valence-electron chi connectivity index (χ3n) is 4.80. The number of esters is 1. The minimum absolute atomic E-state index is 0.346. The van der Waals surface area contributed by atoms with Crippen molar-refractivity contribution in [2.45, 2.75) is 38.8 Å². The first-order valence-corrected chi connectivity index (χ1v) is 10.4. The molecule has 0 radical (unpaired) electrons. The second-order valence-corrected chi connectivity index (χ2v) is 8.52. The van der Waals surface area contributed by atoms with Crippen LogP contribution in [0, 0.1) is 0 Å². The maximum absolute atomic E-state index is 12.5. The van der Waals surface area contributed by atoms with E-state index in [9.17, 15) is 9.59 Å². The topological polar surface area (TPSA) is 98.0 Å². The smallest absolute Gasteiger partial charge is 0.415 e. The molecular formula is C23H30N4O4. The summed E-state index contributed by atoms with van der Waals surface area (Å²) in [5.41, 5.74) is 6.24. The molecule has 1 aromatic heterocycles. The van der Waals surface area contributed by atoms with Crippen LogP contribution in [0.2, 0.25) is 0 Å². The molecule has 166 valence electrons. The zero-order chi connectivity index (χ0) is 22.4. The quantitative estimate of drug-likeness (QED) is 0.734. The van der Waals surface area contributed by atoms with Crippen molar-refractivity contribution in [3.63, 3.8) is 0 Å². The Bertz CT molecular complexity index is 873. The number of aromatic nitrogens is 1. The van der Waals surface area contributed by atoms with Crippen molar-refractivity contribution in [3.05, 3.63) is 54.2 Å². The number of rotatable bonds is 5. The van der Waals surface area contributed by atoms with Gasteiger partial charge in [-0.25, -0.2) is 9.78 Å². The lowest BCUT2D eigenvalue weighted by Gasteiger charge is -2.34. The number of nitrogens with two attached hydrogens (primary N) is 1. The fraction of sp³-hybridized carbons (Fsp3) is 0.435. The van der Waals surface area contributed by atoms with Crippen LogP contribution in [-0.2, 0) is 16.0 Å². The monoisotopic (exact) mass is 426 g/mol. The molecule has 8 heteroatoms. The van der Waals surface area contributed by atoms with Crippen LogP contribution in [0.4, 0.5) is 10.6 Å². The highest BCUT2D eigenvalue weighted by Gasteiger charge is 2.24. The van der Waals surface area contributed by atoms with E-state index >= 15 is 0 Å². The van der Waals surface area contributed by atoms with Crippen LogP contribution in [0.25, 0.3) is 0 Å². The van der Waals surface area contributed by atoms with Crippen molar-refractivity contribution in [3.8, 4) is 5.75 Å². The minimum Gasteiger partial charge on any atom is -0.459 e. The number of benzene rings is 1. The average Bonchev–Trinajstić information content (AvgIpc) is 2.74. The van der Waals surface area contributed by atoms with Crippen LogP contribution in [-0.4, -0.2) is 59.8 Å². The molecule has 2 aromatic rings. The highest BCUT2D eigenvalue weighted by molar-refractivity contribution is 5.76. The Hall–Kier alpha value is -3.13. The number of nitrogens with zero attached hydrogens (tertiary/aromatic N) is 3. The van der Waals surface area contributed by atoms with E-state index in [1.807, 2.05) is 18.2 Å². The third-order valence-corrected chi connectivity index (χ3v) is 4.80. The third kappa shape index (κ3) is 6.68. The Labute approximate surface area is 182 Å². The second kappa shape index (κ2) is 9.78. The molecule has 0 bridgehead atoms. The summed E-state index contributed by atoms with van der Waals surface area (Å²) < 4.78 is 10.8. The summed E-state index contributed by atoms with van der Waals surface area (Å²) in [5, 5.41) is 0. The molecule has 1 amide bonds. The number of pyridine rings is 1. The zero-order valence-electron chi connectivity index (χ0n) is 18.3. The van der Waals surface area contributed by atoms with Gasteiger partial charge >= 0.3 is 12.1 Å². The van der Waals surface area contributed by atoms with Gasteiger partial charge in [0.1, 0.15) is 23.2 Å². The fourth-order valence-electron chi connectivity index (χ4n) is 3.23. The first-order chi connectivity index (χ1) is 14.7. The number of carbonyl (C=O) groups excluding carboxylic acids is 2. The molecule has 0 aliphatic carbocycles. The fourth-order valence-corrected chi connectivity index (χ4v) is 3.23. The molecule has 0 saturated carbocycles. The lowest BCUT2D eigenvalue weighted by molar-refractivity contribution is -0.156. The predicted octanol–water partition coefficient (Wildman–Crippen LogP) is 2.61. The van der Waals surface area contributed by atoms with Crippen molar-refractivity contribution in [2.24, 2.45) is 5.73 Å². The van der Waals surface area contributed by atoms with Gasteiger partial charge in [-0.3, -0.25) is 4.79 Å². The standard InChI is InChI=1S/C23H30N4O4/c1-23(2,3)31-21(28)19(24)16-17-7-9-18(10-8-17)30-22(29)27-14-12-26(13-15-27)20-6-4-5-11-25-20/h4-11,19H,12-16,24H2,1-3H3/t19-/m0/s1. The summed E-state index contributed by atoms with van der Waals surface area (Å²) in [5.74, 6) is 0.926. The number of hydrogen-bond acceptors (Lipinski definition) is 7. The Morgan fingerprint density at radius 3 is 2.32 bits per heavy atom. The number of hydrogen-bond donors (Lipinski definition) is 1. The van der Waals surface area contributed by atoms with Crippen molar-refractivity contribution >= 4 is 17.9 Å². The van der Waals surface area contributed by atoms with Gasteiger partial charge < -0.3 is 25.0 Å². The van der Waals surface area contributed by atoms with Gasteiger partial charge in [-0.2, -0.15) is 0 Å². The molecule has 1 atom stereocenters. The number of amides is 1. The number of anilines is 1. The SMILES string of the molecule is CC(C)(C)OC(=O)[C@@H](N)Cc1ccc(OC(=O)N2CCN(c3ccccn3)CC2)cc1. The second-order valence-electron chi connectivity index (χ2n) is 8.52. The van der Waals surface area contributed by atoms with E-state index in [2.05, 4.69) is 9.88 Å².